The Bertz CT molecular complexity index is 547. The Morgan fingerprint density at radius 2 is 2.24 bits per heavy atom. The van der Waals surface area contributed by atoms with Crippen LogP contribution in [0.4, 0.5) is 0 Å². The lowest BCUT2D eigenvalue weighted by atomic mass is 10.1. The third kappa shape index (κ3) is 2.66. The summed E-state index contributed by atoms with van der Waals surface area (Å²) in [5.41, 5.74) is 2.08. The summed E-state index contributed by atoms with van der Waals surface area (Å²) in [4.78, 5) is 0. The van der Waals surface area contributed by atoms with Crippen molar-refractivity contribution in [2.45, 2.75) is 26.8 Å². The van der Waals surface area contributed by atoms with E-state index in [9.17, 15) is 0 Å². The SMILES string of the molecule is CC(C)CCn1[nH]c(-c2ccnn2C)cc1=S. The fourth-order valence-electron chi connectivity index (χ4n) is 1.76. The Morgan fingerprint density at radius 3 is 2.82 bits per heavy atom. The Kier molecular flexibility index (Phi) is 3.47. The van der Waals surface area contributed by atoms with Gasteiger partial charge in [0.1, 0.15) is 4.64 Å². The summed E-state index contributed by atoms with van der Waals surface area (Å²) in [5, 5.41) is 7.49. The third-order valence-corrected chi connectivity index (χ3v) is 3.15. The van der Waals surface area contributed by atoms with Gasteiger partial charge in [0.15, 0.2) is 0 Å². The van der Waals surface area contributed by atoms with Gasteiger partial charge in [0, 0.05) is 25.9 Å². The van der Waals surface area contributed by atoms with Crippen LogP contribution in [-0.2, 0) is 13.6 Å². The molecule has 0 fully saturated rings. The van der Waals surface area contributed by atoms with Crippen molar-refractivity contribution in [1.82, 2.24) is 19.6 Å². The van der Waals surface area contributed by atoms with Crippen LogP contribution in [0.1, 0.15) is 20.3 Å². The van der Waals surface area contributed by atoms with E-state index < -0.39 is 0 Å². The van der Waals surface area contributed by atoms with Gasteiger partial charge in [-0.2, -0.15) is 5.10 Å². The van der Waals surface area contributed by atoms with Crippen molar-refractivity contribution in [3.8, 4) is 11.4 Å². The summed E-state index contributed by atoms with van der Waals surface area (Å²) in [7, 11) is 1.93. The molecule has 0 saturated heterocycles. The molecule has 0 aliphatic carbocycles. The van der Waals surface area contributed by atoms with E-state index >= 15 is 0 Å². The molecule has 0 saturated carbocycles. The average Bonchev–Trinajstić information content (AvgIpc) is 2.82. The Morgan fingerprint density at radius 1 is 1.47 bits per heavy atom. The average molecular weight is 250 g/mol. The minimum atomic E-state index is 0.681. The minimum absolute atomic E-state index is 0.681. The summed E-state index contributed by atoms with van der Waals surface area (Å²) in [6.45, 7) is 5.37. The molecule has 0 aliphatic rings. The number of hydrogen-bond acceptors (Lipinski definition) is 2. The molecule has 0 radical (unpaired) electrons. The zero-order chi connectivity index (χ0) is 12.4. The Balaban J connectivity index is 2.25. The van der Waals surface area contributed by atoms with Crippen LogP contribution in [0, 0.1) is 10.6 Å². The van der Waals surface area contributed by atoms with Crippen molar-refractivity contribution < 1.29 is 0 Å². The molecular formula is C12H18N4S. The first kappa shape index (κ1) is 12.1. The van der Waals surface area contributed by atoms with Gasteiger partial charge in [-0.25, -0.2) is 0 Å². The highest BCUT2D eigenvalue weighted by atomic mass is 32.1. The van der Waals surface area contributed by atoms with Crippen molar-refractivity contribution in [2.75, 3.05) is 0 Å². The molecule has 17 heavy (non-hydrogen) atoms. The molecule has 2 aromatic rings. The third-order valence-electron chi connectivity index (χ3n) is 2.82. The van der Waals surface area contributed by atoms with Gasteiger partial charge >= 0.3 is 0 Å². The molecule has 2 aromatic heterocycles. The summed E-state index contributed by atoms with van der Waals surface area (Å²) in [6.07, 6.45) is 2.91. The quantitative estimate of drug-likeness (QED) is 0.847. The monoisotopic (exact) mass is 250 g/mol. The summed E-state index contributed by atoms with van der Waals surface area (Å²) < 4.78 is 4.72. The molecule has 4 nitrogen and oxygen atoms in total. The summed E-state index contributed by atoms with van der Waals surface area (Å²) in [6, 6.07) is 3.97. The standard InChI is InChI=1S/C12H18N4S/c1-9(2)5-7-16-12(17)8-10(14-16)11-4-6-13-15(11)3/h4,6,8-9,14H,5,7H2,1-3H3. The summed E-state index contributed by atoms with van der Waals surface area (Å²) in [5.74, 6) is 0.681. The number of hydrogen-bond donors (Lipinski definition) is 1. The Hall–Kier alpha value is -1.36. The maximum absolute atomic E-state index is 5.34. The maximum Gasteiger partial charge on any atom is 0.122 e. The van der Waals surface area contributed by atoms with Crippen LogP contribution in [0.15, 0.2) is 18.3 Å². The van der Waals surface area contributed by atoms with Gasteiger partial charge in [-0.1, -0.05) is 26.1 Å². The highest BCUT2D eigenvalue weighted by Crippen LogP contribution is 2.16. The number of H-pyrrole nitrogens is 1. The number of aromatic amines is 1. The van der Waals surface area contributed by atoms with Gasteiger partial charge in [-0.3, -0.25) is 14.5 Å². The topological polar surface area (TPSA) is 38.5 Å². The summed E-state index contributed by atoms with van der Waals surface area (Å²) >= 11 is 5.34. The second kappa shape index (κ2) is 4.87. The minimum Gasteiger partial charge on any atom is -0.295 e. The van der Waals surface area contributed by atoms with Crippen LogP contribution in [0.3, 0.4) is 0 Å². The van der Waals surface area contributed by atoms with E-state index in [-0.39, 0.29) is 0 Å². The molecule has 2 heterocycles. The van der Waals surface area contributed by atoms with Crippen molar-refractivity contribution in [3.05, 3.63) is 23.0 Å². The molecule has 0 aromatic carbocycles. The normalized spacial score (nSPS) is 11.3. The number of aryl methyl sites for hydroxylation is 2. The molecule has 92 valence electrons. The lowest BCUT2D eigenvalue weighted by Crippen LogP contribution is -2.03. The number of nitrogens with one attached hydrogen (secondary N) is 1. The molecule has 0 atom stereocenters. The maximum atomic E-state index is 5.34. The van der Waals surface area contributed by atoms with Gasteiger partial charge in [-0.15, -0.1) is 0 Å². The van der Waals surface area contributed by atoms with Crippen LogP contribution in [0.5, 0.6) is 0 Å². The van der Waals surface area contributed by atoms with E-state index in [0.29, 0.717) is 5.92 Å². The first-order valence-electron chi connectivity index (χ1n) is 5.86. The predicted molar refractivity (Wildman–Crippen MR) is 71.3 cm³/mol. The molecule has 0 bridgehead atoms. The fraction of sp³-hybridized carbons (Fsp3) is 0.500. The molecule has 1 N–H and O–H groups in total. The first-order valence-corrected chi connectivity index (χ1v) is 6.27. The van der Waals surface area contributed by atoms with Crippen LogP contribution < -0.4 is 0 Å². The van der Waals surface area contributed by atoms with Crippen molar-refractivity contribution in [1.29, 1.82) is 0 Å². The zero-order valence-electron chi connectivity index (χ0n) is 10.5. The molecule has 0 aliphatic heterocycles. The van der Waals surface area contributed by atoms with Crippen molar-refractivity contribution in [3.63, 3.8) is 0 Å². The highest BCUT2D eigenvalue weighted by molar-refractivity contribution is 7.71. The Labute approximate surface area is 106 Å². The van der Waals surface area contributed by atoms with Gasteiger partial charge in [-0.05, 0) is 18.4 Å². The van der Waals surface area contributed by atoms with Crippen molar-refractivity contribution in [2.24, 2.45) is 13.0 Å². The number of rotatable bonds is 4. The van der Waals surface area contributed by atoms with E-state index in [2.05, 4.69) is 24.0 Å². The van der Waals surface area contributed by atoms with E-state index in [1.54, 1.807) is 6.20 Å². The smallest absolute Gasteiger partial charge is 0.122 e. The first-order chi connectivity index (χ1) is 8.08. The molecule has 2 rings (SSSR count). The van der Waals surface area contributed by atoms with E-state index in [1.165, 1.54) is 0 Å². The second-order valence-corrected chi connectivity index (χ2v) is 5.10. The fourth-order valence-corrected chi connectivity index (χ4v) is 2.01. The van der Waals surface area contributed by atoms with Gasteiger partial charge in [0.05, 0.1) is 11.4 Å². The lowest BCUT2D eigenvalue weighted by Gasteiger charge is -2.05. The second-order valence-electron chi connectivity index (χ2n) is 4.68. The van der Waals surface area contributed by atoms with Gasteiger partial charge in [0.25, 0.3) is 0 Å². The van der Waals surface area contributed by atoms with E-state index in [0.717, 1.165) is 29.0 Å². The van der Waals surface area contributed by atoms with E-state index in [1.807, 2.05) is 28.5 Å². The van der Waals surface area contributed by atoms with Crippen LogP contribution in [-0.4, -0.2) is 19.6 Å². The van der Waals surface area contributed by atoms with Crippen LogP contribution >= 0.6 is 12.2 Å². The molecule has 5 heteroatoms. The van der Waals surface area contributed by atoms with Gasteiger partial charge < -0.3 is 0 Å². The predicted octanol–water partition coefficient (Wildman–Crippen LogP) is 2.99. The molecule has 0 unspecified atom stereocenters. The zero-order valence-corrected chi connectivity index (χ0v) is 11.3. The van der Waals surface area contributed by atoms with Crippen molar-refractivity contribution >= 4 is 12.2 Å². The van der Waals surface area contributed by atoms with Crippen LogP contribution in [0.2, 0.25) is 0 Å². The van der Waals surface area contributed by atoms with E-state index in [4.69, 9.17) is 12.2 Å². The van der Waals surface area contributed by atoms with Gasteiger partial charge in [0.2, 0.25) is 0 Å². The number of nitrogens with zero attached hydrogens (tertiary/aromatic N) is 3. The molecule has 0 amide bonds. The highest BCUT2D eigenvalue weighted by Gasteiger charge is 2.06. The number of aromatic nitrogens is 4. The lowest BCUT2D eigenvalue weighted by molar-refractivity contribution is 0.484. The largest absolute Gasteiger partial charge is 0.295 e. The molecular weight excluding hydrogens is 232 g/mol. The molecule has 0 spiro atoms. The van der Waals surface area contributed by atoms with Crippen LogP contribution in [0.25, 0.3) is 11.4 Å².